The summed E-state index contributed by atoms with van der Waals surface area (Å²) >= 11 is 6.14. The number of azide groups is 1. The molecule has 0 aliphatic carbocycles. The quantitative estimate of drug-likeness (QED) is 0.215. The second-order valence-electron chi connectivity index (χ2n) is 6.10. The molecule has 0 saturated carbocycles. The molecule has 0 spiro atoms. The number of thioether (sulfide) groups is 1. The summed E-state index contributed by atoms with van der Waals surface area (Å²) in [6, 6.07) is 8.49. The first-order chi connectivity index (χ1) is 14.0. The van der Waals surface area contributed by atoms with Crippen molar-refractivity contribution in [3.63, 3.8) is 0 Å². The number of rotatable bonds is 8. The smallest absolute Gasteiger partial charge is 0.303 e. The fraction of sp³-hybridized carbons (Fsp3) is 0.556. The molecule has 1 aliphatic heterocycles. The number of aliphatic hydroxyl groups excluding tert-OH is 1. The Balaban J connectivity index is 2.14. The summed E-state index contributed by atoms with van der Waals surface area (Å²) in [6.45, 7) is 3.74. The fourth-order valence-corrected chi connectivity index (χ4v) is 4.10. The molecule has 0 amide bonds. The highest BCUT2D eigenvalue weighted by Crippen LogP contribution is 2.33. The van der Waals surface area contributed by atoms with Gasteiger partial charge in [-0.3, -0.25) is 4.79 Å². The van der Waals surface area contributed by atoms with Gasteiger partial charge in [0.25, 0.3) is 0 Å². The van der Waals surface area contributed by atoms with Crippen LogP contribution in [0.4, 0.5) is 0 Å². The van der Waals surface area contributed by atoms with Crippen molar-refractivity contribution < 1.29 is 28.8 Å². The zero-order valence-corrected chi connectivity index (χ0v) is 17.7. The van der Waals surface area contributed by atoms with E-state index in [1.165, 1.54) is 6.92 Å². The average molecular weight is 442 g/mol. The van der Waals surface area contributed by atoms with E-state index < -0.39 is 35.8 Å². The van der Waals surface area contributed by atoms with Crippen LogP contribution in [0.25, 0.3) is 10.4 Å². The summed E-state index contributed by atoms with van der Waals surface area (Å²) in [4.78, 5) is 14.3. The minimum absolute atomic E-state index is 0.0470. The standard InChI is InChI=1S/C18H23N3O6S2/c1-3-25-18(28)29-17-14(20-21-19)15(23)16(26-11(2)22)13(27-17)10-24-9-12-7-5-4-6-8-12/h4-8,13-17,23H,3,9-10H2,1-2H3/t13-,14-,15-,16+,17+/m1/s1. The second-order valence-corrected chi connectivity index (χ2v) is 7.80. The Kier molecular flexibility index (Phi) is 9.65. The molecule has 9 nitrogen and oxygen atoms in total. The maximum atomic E-state index is 11.5. The molecule has 11 heteroatoms. The molecule has 1 aromatic carbocycles. The van der Waals surface area contributed by atoms with E-state index in [2.05, 4.69) is 10.0 Å². The van der Waals surface area contributed by atoms with E-state index in [1.54, 1.807) is 6.92 Å². The summed E-state index contributed by atoms with van der Waals surface area (Å²) in [5, 5.41) is 14.4. The van der Waals surface area contributed by atoms with E-state index >= 15 is 0 Å². The van der Waals surface area contributed by atoms with Crippen molar-refractivity contribution in [1.82, 2.24) is 0 Å². The molecule has 1 fully saturated rings. The molecule has 1 aliphatic rings. The van der Waals surface area contributed by atoms with Crippen LogP contribution in [-0.2, 0) is 30.3 Å². The van der Waals surface area contributed by atoms with Crippen LogP contribution < -0.4 is 0 Å². The van der Waals surface area contributed by atoms with Crippen molar-refractivity contribution in [3.8, 4) is 0 Å². The van der Waals surface area contributed by atoms with Gasteiger partial charge >= 0.3 is 5.97 Å². The van der Waals surface area contributed by atoms with Gasteiger partial charge in [0.2, 0.25) is 4.38 Å². The largest absolute Gasteiger partial charge is 0.479 e. The number of carbonyl (C=O) groups excluding carboxylic acids is 1. The van der Waals surface area contributed by atoms with E-state index in [9.17, 15) is 9.90 Å². The third-order valence-corrected chi connectivity index (χ3v) is 5.34. The van der Waals surface area contributed by atoms with Crippen molar-refractivity contribution >= 4 is 34.3 Å². The van der Waals surface area contributed by atoms with Gasteiger partial charge in [-0.05, 0) is 42.0 Å². The van der Waals surface area contributed by atoms with Crippen LogP contribution in [0.15, 0.2) is 35.4 Å². The van der Waals surface area contributed by atoms with Crippen LogP contribution in [0.3, 0.4) is 0 Å². The molecule has 1 heterocycles. The average Bonchev–Trinajstić information content (AvgIpc) is 2.68. The van der Waals surface area contributed by atoms with Crippen LogP contribution in [0.5, 0.6) is 0 Å². The normalized spacial score (nSPS) is 26.2. The van der Waals surface area contributed by atoms with Gasteiger partial charge in [-0.15, -0.1) is 0 Å². The summed E-state index contributed by atoms with van der Waals surface area (Å²) in [6.07, 6.45) is -3.14. The van der Waals surface area contributed by atoms with Crippen LogP contribution in [-0.4, -0.2) is 58.5 Å². The first-order valence-corrected chi connectivity index (χ1v) is 10.2. The summed E-state index contributed by atoms with van der Waals surface area (Å²) < 4.78 is 22.4. The second kappa shape index (κ2) is 12.0. The lowest BCUT2D eigenvalue weighted by Crippen LogP contribution is -2.58. The molecule has 0 bridgehead atoms. The molecule has 0 unspecified atom stereocenters. The predicted molar refractivity (Wildman–Crippen MR) is 111 cm³/mol. The molecule has 0 radical (unpaired) electrons. The van der Waals surface area contributed by atoms with Gasteiger partial charge in [0.15, 0.2) is 6.10 Å². The predicted octanol–water partition coefficient (Wildman–Crippen LogP) is 2.95. The Morgan fingerprint density at radius 2 is 2.14 bits per heavy atom. The third-order valence-electron chi connectivity index (χ3n) is 4.00. The lowest BCUT2D eigenvalue weighted by molar-refractivity contribution is -0.198. The zero-order chi connectivity index (χ0) is 21.2. The Morgan fingerprint density at radius 3 is 2.76 bits per heavy atom. The minimum atomic E-state index is -1.30. The zero-order valence-electron chi connectivity index (χ0n) is 16.0. The van der Waals surface area contributed by atoms with Gasteiger partial charge in [0, 0.05) is 11.8 Å². The molecule has 29 heavy (non-hydrogen) atoms. The maximum absolute atomic E-state index is 11.5. The number of benzene rings is 1. The number of hydrogen-bond acceptors (Lipinski definition) is 9. The number of nitrogens with zero attached hydrogens (tertiary/aromatic N) is 3. The number of hydrogen-bond donors (Lipinski definition) is 1. The van der Waals surface area contributed by atoms with Gasteiger partial charge in [0.1, 0.15) is 23.7 Å². The SMILES string of the molecule is CCOC(=S)S[C@@H]1O[C@H](COCc2ccccc2)[C@H](OC(C)=O)[C@H](O)[C@H]1N=[N+]=[N-]. The minimum Gasteiger partial charge on any atom is -0.479 e. The number of carbonyl (C=O) groups is 1. The van der Waals surface area contributed by atoms with Gasteiger partial charge in [0.05, 0.1) is 19.8 Å². The van der Waals surface area contributed by atoms with E-state index in [4.69, 9.17) is 36.7 Å². The Morgan fingerprint density at radius 1 is 1.41 bits per heavy atom. The topological polar surface area (TPSA) is 123 Å². The molecular formula is C18H23N3O6S2. The highest BCUT2D eigenvalue weighted by molar-refractivity contribution is 8.22. The van der Waals surface area contributed by atoms with Crippen LogP contribution in [0, 0.1) is 0 Å². The Hall–Kier alpha value is -1.88. The van der Waals surface area contributed by atoms with Crippen molar-refractivity contribution in [2.45, 2.75) is 50.2 Å². The first kappa shape index (κ1) is 23.4. The summed E-state index contributed by atoms with van der Waals surface area (Å²) in [5.74, 6) is -0.596. The Labute approximate surface area is 178 Å². The summed E-state index contributed by atoms with van der Waals surface area (Å²) in [7, 11) is 0. The van der Waals surface area contributed by atoms with Crippen LogP contribution in [0.1, 0.15) is 19.4 Å². The lowest BCUT2D eigenvalue weighted by atomic mass is 9.98. The van der Waals surface area contributed by atoms with Gasteiger partial charge < -0.3 is 24.1 Å². The summed E-state index contributed by atoms with van der Waals surface area (Å²) in [5.41, 5.74) is 9.02. The van der Waals surface area contributed by atoms with E-state index in [0.29, 0.717) is 13.2 Å². The van der Waals surface area contributed by atoms with Crippen molar-refractivity contribution in [2.24, 2.45) is 5.11 Å². The highest BCUT2D eigenvalue weighted by atomic mass is 32.2. The number of esters is 1. The molecule has 0 aromatic heterocycles. The van der Waals surface area contributed by atoms with Crippen LogP contribution >= 0.6 is 24.0 Å². The van der Waals surface area contributed by atoms with Gasteiger partial charge in [-0.25, -0.2) is 0 Å². The first-order valence-electron chi connectivity index (χ1n) is 8.96. The highest BCUT2D eigenvalue weighted by Gasteiger charge is 2.47. The maximum Gasteiger partial charge on any atom is 0.303 e. The number of thiocarbonyl (C=S) groups is 1. The molecular weight excluding hydrogens is 418 g/mol. The van der Waals surface area contributed by atoms with E-state index in [-0.39, 0.29) is 11.0 Å². The third kappa shape index (κ3) is 7.14. The lowest BCUT2D eigenvalue weighted by Gasteiger charge is -2.42. The molecule has 158 valence electrons. The van der Waals surface area contributed by atoms with Crippen molar-refractivity contribution in [3.05, 3.63) is 46.3 Å². The van der Waals surface area contributed by atoms with E-state index in [1.807, 2.05) is 30.3 Å². The van der Waals surface area contributed by atoms with Crippen molar-refractivity contribution in [2.75, 3.05) is 13.2 Å². The molecule has 5 atom stereocenters. The number of ether oxygens (including phenoxy) is 4. The van der Waals surface area contributed by atoms with Gasteiger partial charge in [-0.1, -0.05) is 35.4 Å². The number of aliphatic hydroxyl groups is 1. The Bertz CT molecular complexity index is 732. The fourth-order valence-electron chi connectivity index (χ4n) is 2.77. The van der Waals surface area contributed by atoms with Gasteiger partial charge in [-0.2, -0.15) is 0 Å². The molecule has 2 rings (SSSR count). The molecule has 1 N–H and O–H groups in total. The molecule has 1 aromatic rings. The molecule has 1 saturated heterocycles. The monoisotopic (exact) mass is 441 g/mol. The van der Waals surface area contributed by atoms with E-state index in [0.717, 1.165) is 17.3 Å². The van der Waals surface area contributed by atoms with Crippen LogP contribution in [0.2, 0.25) is 0 Å². The van der Waals surface area contributed by atoms with Crippen molar-refractivity contribution in [1.29, 1.82) is 0 Å².